The molecular weight excluding hydrogens is 196 g/mol. The predicted molar refractivity (Wildman–Crippen MR) is 58.8 cm³/mol. The van der Waals surface area contributed by atoms with Crippen molar-refractivity contribution in [3.8, 4) is 5.75 Å². The van der Waals surface area contributed by atoms with Gasteiger partial charge in [0.25, 0.3) is 0 Å². The Morgan fingerprint density at radius 1 is 1.29 bits per heavy atom. The summed E-state index contributed by atoms with van der Waals surface area (Å²) in [5, 5.41) is 0. The second-order valence-corrected chi connectivity index (χ2v) is 4.12. The smallest absolute Gasteiger partial charge is 0.123 e. The van der Waals surface area contributed by atoms with Crippen LogP contribution in [-0.2, 0) is 5.88 Å². The lowest BCUT2D eigenvalue weighted by molar-refractivity contribution is 0.180. The van der Waals surface area contributed by atoms with Gasteiger partial charge in [0.2, 0.25) is 0 Å². The molecular formula is C12H15ClO. The number of ether oxygens (including phenoxy) is 1. The zero-order valence-electron chi connectivity index (χ0n) is 8.21. The summed E-state index contributed by atoms with van der Waals surface area (Å²) in [6.45, 7) is 0.855. The maximum Gasteiger partial charge on any atom is 0.123 e. The number of hydrogen-bond acceptors (Lipinski definition) is 1. The van der Waals surface area contributed by atoms with Crippen LogP contribution < -0.4 is 4.74 Å². The van der Waals surface area contributed by atoms with Crippen LogP contribution in [0.1, 0.15) is 24.8 Å². The largest absolute Gasteiger partial charge is 0.493 e. The summed E-state index contributed by atoms with van der Waals surface area (Å²) >= 11 is 5.82. The van der Waals surface area contributed by atoms with E-state index in [0.29, 0.717) is 5.88 Å². The van der Waals surface area contributed by atoms with Gasteiger partial charge in [0.05, 0.1) is 12.5 Å². The average molecular weight is 211 g/mol. The van der Waals surface area contributed by atoms with Crippen LogP contribution in [0.5, 0.6) is 5.75 Å². The predicted octanol–water partition coefficient (Wildman–Crippen LogP) is 3.60. The van der Waals surface area contributed by atoms with Crippen LogP contribution in [0.3, 0.4) is 0 Å². The fraction of sp³-hybridized carbons (Fsp3) is 0.500. The van der Waals surface area contributed by atoms with Crippen LogP contribution in [0.15, 0.2) is 24.3 Å². The normalized spacial score (nSPS) is 16.4. The molecule has 0 atom stereocenters. The van der Waals surface area contributed by atoms with Gasteiger partial charge in [-0.1, -0.05) is 24.6 Å². The molecule has 0 amide bonds. The van der Waals surface area contributed by atoms with Gasteiger partial charge in [-0.25, -0.2) is 0 Å². The number of para-hydroxylation sites is 1. The molecule has 14 heavy (non-hydrogen) atoms. The minimum atomic E-state index is 0.529. The number of halogens is 1. The molecule has 0 aromatic heterocycles. The molecule has 1 aromatic rings. The summed E-state index contributed by atoms with van der Waals surface area (Å²) in [6.07, 6.45) is 4.01. The van der Waals surface area contributed by atoms with Crippen LogP contribution >= 0.6 is 11.6 Å². The first-order valence-electron chi connectivity index (χ1n) is 5.17. The molecule has 0 aliphatic heterocycles. The van der Waals surface area contributed by atoms with Gasteiger partial charge in [-0.2, -0.15) is 0 Å². The van der Waals surface area contributed by atoms with E-state index in [9.17, 15) is 0 Å². The van der Waals surface area contributed by atoms with Crippen molar-refractivity contribution in [3.05, 3.63) is 29.8 Å². The molecule has 2 heteroatoms. The van der Waals surface area contributed by atoms with Crippen molar-refractivity contribution in [1.29, 1.82) is 0 Å². The Morgan fingerprint density at radius 2 is 2.07 bits per heavy atom. The number of rotatable bonds is 4. The van der Waals surface area contributed by atoms with Crippen molar-refractivity contribution in [2.45, 2.75) is 25.1 Å². The van der Waals surface area contributed by atoms with Crippen LogP contribution in [-0.4, -0.2) is 6.61 Å². The summed E-state index contributed by atoms with van der Waals surface area (Å²) in [7, 11) is 0. The van der Waals surface area contributed by atoms with Gasteiger partial charge in [-0.3, -0.25) is 0 Å². The van der Waals surface area contributed by atoms with Gasteiger partial charge < -0.3 is 4.74 Å². The van der Waals surface area contributed by atoms with Gasteiger partial charge in [-0.15, -0.1) is 11.6 Å². The molecule has 1 saturated carbocycles. The van der Waals surface area contributed by atoms with Gasteiger partial charge in [0.1, 0.15) is 5.75 Å². The number of alkyl halides is 1. The van der Waals surface area contributed by atoms with Crippen LogP contribution in [0.4, 0.5) is 0 Å². The molecule has 1 aromatic carbocycles. The highest BCUT2D eigenvalue weighted by atomic mass is 35.5. The lowest BCUT2D eigenvalue weighted by atomic mass is 9.86. The molecule has 2 rings (SSSR count). The minimum Gasteiger partial charge on any atom is -0.493 e. The van der Waals surface area contributed by atoms with Crippen LogP contribution in [0.2, 0.25) is 0 Å². The highest BCUT2D eigenvalue weighted by Crippen LogP contribution is 2.28. The van der Waals surface area contributed by atoms with Gasteiger partial charge in [0.15, 0.2) is 0 Å². The zero-order valence-corrected chi connectivity index (χ0v) is 8.96. The standard InChI is InChI=1S/C12H15ClO/c13-8-11-6-1-2-7-12(11)14-9-10-4-3-5-10/h1-2,6-7,10H,3-5,8-9H2. The van der Waals surface area contributed by atoms with Crippen LogP contribution in [0, 0.1) is 5.92 Å². The Kier molecular flexibility index (Phi) is 3.30. The van der Waals surface area contributed by atoms with Crippen molar-refractivity contribution in [1.82, 2.24) is 0 Å². The molecule has 1 aliphatic rings. The Bertz CT molecular complexity index is 294. The first-order chi connectivity index (χ1) is 6.90. The second kappa shape index (κ2) is 4.70. The molecule has 0 spiro atoms. The SMILES string of the molecule is ClCc1ccccc1OCC1CCC1. The van der Waals surface area contributed by atoms with Crippen molar-refractivity contribution >= 4 is 11.6 Å². The fourth-order valence-electron chi connectivity index (χ4n) is 1.62. The molecule has 0 bridgehead atoms. The fourth-order valence-corrected chi connectivity index (χ4v) is 1.84. The first kappa shape index (κ1) is 9.85. The Balaban J connectivity index is 1.93. The van der Waals surface area contributed by atoms with E-state index in [4.69, 9.17) is 16.3 Å². The topological polar surface area (TPSA) is 9.23 Å². The second-order valence-electron chi connectivity index (χ2n) is 3.85. The van der Waals surface area contributed by atoms with E-state index in [2.05, 4.69) is 0 Å². The molecule has 1 fully saturated rings. The maximum absolute atomic E-state index is 5.82. The zero-order chi connectivity index (χ0) is 9.80. The summed E-state index contributed by atoms with van der Waals surface area (Å²) in [4.78, 5) is 0. The van der Waals surface area contributed by atoms with Crippen molar-refractivity contribution in [2.75, 3.05) is 6.61 Å². The highest BCUT2D eigenvalue weighted by molar-refractivity contribution is 6.17. The van der Waals surface area contributed by atoms with E-state index >= 15 is 0 Å². The lowest BCUT2D eigenvalue weighted by Gasteiger charge is -2.25. The third-order valence-corrected chi connectivity index (χ3v) is 3.10. The Labute approximate surface area is 90.0 Å². The van der Waals surface area contributed by atoms with Crippen molar-refractivity contribution < 1.29 is 4.74 Å². The Morgan fingerprint density at radius 3 is 2.71 bits per heavy atom. The lowest BCUT2D eigenvalue weighted by Crippen LogP contribution is -2.19. The van der Waals surface area contributed by atoms with E-state index in [1.165, 1.54) is 19.3 Å². The van der Waals surface area contributed by atoms with E-state index in [1.54, 1.807) is 0 Å². The van der Waals surface area contributed by atoms with Crippen molar-refractivity contribution in [3.63, 3.8) is 0 Å². The molecule has 0 radical (unpaired) electrons. The molecule has 0 saturated heterocycles. The summed E-state index contributed by atoms with van der Waals surface area (Å²) in [5.41, 5.74) is 1.09. The summed E-state index contributed by atoms with van der Waals surface area (Å²) in [5.74, 6) is 2.26. The summed E-state index contributed by atoms with van der Waals surface area (Å²) in [6, 6.07) is 8.00. The third kappa shape index (κ3) is 2.21. The van der Waals surface area contributed by atoms with E-state index in [0.717, 1.165) is 23.8 Å². The van der Waals surface area contributed by atoms with E-state index in [1.807, 2.05) is 24.3 Å². The maximum atomic E-state index is 5.82. The van der Waals surface area contributed by atoms with E-state index in [-0.39, 0.29) is 0 Å². The molecule has 1 aliphatic carbocycles. The average Bonchev–Trinajstić information content (AvgIpc) is 2.16. The van der Waals surface area contributed by atoms with Gasteiger partial charge >= 0.3 is 0 Å². The monoisotopic (exact) mass is 210 g/mol. The number of benzene rings is 1. The minimum absolute atomic E-state index is 0.529. The van der Waals surface area contributed by atoms with Crippen molar-refractivity contribution in [2.24, 2.45) is 5.92 Å². The number of hydrogen-bond donors (Lipinski definition) is 0. The Hall–Kier alpha value is -0.690. The summed E-state index contributed by atoms with van der Waals surface area (Å²) < 4.78 is 5.75. The van der Waals surface area contributed by atoms with Crippen LogP contribution in [0.25, 0.3) is 0 Å². The molecule has 76 valence electrons. The van der Waals surface area contributed by atoms with E-state index < -0.39 is 0 Å². The molecule has 0 N–H and O–H groups in total. The highest BCUT2D eigenvalue weighted by Gasteiger charge is 2.18. The van der Waals surface area contributed by atoms with Gasteiger partial charge in [-0.05, 0) is 24.8 Å². The quantitative estimate of drug-likeness (QED) is 0.690. The third-order valence-electron chi connectivity index (χ3n) is 2.82. The first-order valence-corrected chi connectivity index (χ1v) is 5.70. The molecule has 0 heterocycles. The van der Waals surface area contributed by atoms with Gasteiger partial charge in [0, 0.05) is 5.56 Å². The molecule has 0 unspecified atom stereocenters. The molecule has 1 nitrogen and oxygen atoms in total.